The summed E-state index contributed by atoms with van der Waals surface area (Å²) in [6, 6.07) is 19.4. The number of halogens is 1. The second-order valence-electron chi connectivity index (χ2n) is 7.55. The molecule has 0 aromatic heterocycles. The molecular formula is C25H28ClN5O3. The SMILES string of the molecule is Cc1ccc(NCNC(=O)c2ccccc2)c(O)c1CC(=O)NCc1ccc(C(=N)N)cc1.Cl. The van der Waals surface area contributed by atoms with E-state index in [1.807, 2.05) is 19.1 Å². The number of nitrogen functional groups attached to an aromatic ring is 1. The standard InChI is InChI=1S/C25H27N5O3.ClH/c1-16-7-12-21(29-15-30-25(33)19-5-3-2-4-6-19)23(32)20(16)13-22(31)28-14-17-8-10-18(11-9-17)24(26)27;/h2-12,29,32H,13-15H2,1H3,(H3,26,27)(H,28,31)(H,30,33);1H. The van der Waals surface area contributed by atoms with Gasteiger partial charge in [0.2, 0.25) is 5.91 Å². The van der Waals surface area contributed by atoms with E-state index in [0.29, 0.717) is 28.9 Å². The Labute approximate surface area is 204 Å². The second-order valence-corrected chi connectivity index (χ2v) is 7.55. The molecule has 0 saturated carbocycles. The van der Waals surface area contributed by atoms with Gasteiger partial charge < -0.3 is 26.8 Å². The Morgan fingerprint density at radius 2 is 1.62 bits per heavy atom. The maximum absolute atomic E-state index is 12.5. The number of anilines is 1. The van der Waals surface area contributed by atoms with Crippen LogP contribution in [0.5, 0.6) is 5.75 Å². The molecule has 0 bridgehead atoms. The number of benzene rings is 3. The van der Waals surface area contributed by atoms with E-state index in [1.165, 1.54) is 0 Å². The molecule has 2 amide bonds. The lowest BCUT2D eigenvalue weighted by atomic mass is 10.0. The van der Waals surface area contributed by atoms with Crippen LogP contribution in [0.15, 0.2) is 66.7 Å². The summed E-state index contributed by atoms with van der Waals surface area (Å²) in [5, 5.41) is 26.7. The highest BCUT2D eigenvalue weighted by atomic mass is 35.5. The van der Waals surface area contributed by atoms with Gasteiger partial charge in [-0.05, 0) is 36.2 Å². The maximum atomic E-state index is 12.5. The van der Waals surface area contributed by atoms with Gasteiger partial charge in [0.1, 0.15) is 11.6 Å². The van der Waals surface area contributed by atoms with Gasteiger partial charge in [-0.2, -0.15) is 0 Å². The summed E-state index contributed by atoms with van der Waals surface area (Å²) in [6.07, 6.45) is 0.00902. The van der Waals surface area contributed by atoms with Gasteiger partial charge in [-0.15, -0.1) is 12.4 Å². The first-order valence-corrected chi connectivity index (χ1v) is 10.4. The smallest absolute Gasteiger partial charge is 0.252 e. The van der Waals surface area contributed by atoms with Crippen LogP contribution in [0.25, 0.3) is 0 Å². The molecule has 3 aromatic rings. The zero-order chi connectivity index (χ0) is 23.8. The zero-order valence-electron chi connectivity index (χ0n) is 18.7. The van der Waals surface area contributed by atoms with Crippen molar-refractivity contribution in [2.45, 2.75) is 19.9 Å². The van der Waals surface area contributed by atoms with Crippen LogP contribution in [0.2, 0.25) is 0 Å². The first-order valence-electron chi connectivity index (χ1n) is 10.4. The zero-order valence-corrected chi connectivity index (χ0v) is 19.5. The summed E-state index contributed by atoms with van der Waals surface area (Å²) in [6.45, 7) is 2.26. The number of rotatable bonds is 9. The monoisotopic (exact) mass is 481 g/mol. The van der Waals surface area contributed by atoms with Crippen LogP contribution >= 0.6 is 12.4 Å². The molecule has 3 rings (SSSR count). The van der Waals surface area contributed by atoms with Gasteiger partial charge in [0.25, 0.3) is 5.91 Å². The fourth-order valence-corrected chi connectivity index (χ4v) is 3.24. The van der Waals surface area contributed by atoms with E-state index >= 15 is 0 Å². The van der Waals surface area contributed by atoms with E-state index in [4.69, 9.17) is 11.1 Å². The third-order valence-corrected chi connectivity index (χ3v) is 5.17. The van der Waals surface area contributed by atoms with E-state index < -0.39 is 0 Å². The Morgan fingerprint density at radius 3 is 2.26 bits per heavy atom. The lowest BCUT2D eigenvalue weighted by Crippen LogP contribution is -2.29. The van der Waals surface area contributed by atoms with Crippen molar-refractivity contribution in [1.29, 1.82) is 5.41 Å². The molecule has 0 fully saturated rings. The predicted octanol–water partition coefficient (Wildman–Crippen LogP) is 3.06. The molecule has 0 atom stereocenters. The van der Waals surface area contributed by atoms with E-state index in [2.05, 4.69) is 16.0 Å². The first kappa shape index (κ1) is 26.2. The van der Waals surface area contributed by atoms with Gasteiger partial charge in [-0.1, -0.05) is 48.5 Å². The van der Waals surface area contributed by atoms with E-state index in [1.54, 1.807) is 54.6 Å². The van der Waals surface area contributed by atoms with E-state index in [-0.39, 0.29) is 48.9 Å². The van der Waals surface area contributed by atoms with Crippen LogP contribution in [0.1, 0.15) is 32.6 Å². The van der Waals surface area contributed by atoms with Crippen LogP contribution < -0.4 is 21.7 Å². The lowest BCUT2D eigenvalue weighted by molar-refractivity contribution is -0.120. The molecule has 34 heavy (non-hydrogen) atoms. The normalized spacial score (nSPS) is 10.0. The highest BCUT2D eigenvalue weighted by molar-refractivity contribution is 5.95. The number of carbonyl (C=O) groups is 2. The molecule has 0 aliphatic heterocycles. The highest BCUT2D eigenvalue weighted by Gasteiger charge is 2.14. The lowest BCUT2D eigenvalue weighted by Gasteiger charge is -2.15. The van der Waals surface area contributed by atoms with Crippen molar-refractivity contribution in [2.24, 2.45) is 5.73 Å². The Kier molecular flexibility index (Phi) is 9.46. The number of amidine groups is 1. The molecule has 8 nitrogen and oxygen atoms in total. The van der Waals surface area contributed by atoms with Crippen molar-refractivity contribution in [3.63, 3.8) is 0 Å². The van der Waals surface area contributed by atoms with Crippen LogP contribution in [-0.2, 0) is 17.8 Å². The van der Waals surface area contributed by atoms with Gasteiger partial charge in [0, 0.05) is 23.2 Å². The summed E-state index contributed by atoms with van der Waals surface area (Å²) in [7, 11) is 0. The molecule has 0 saturated heterocycles. The maximum Gasteiger partial charge on any atom is 0.252 e. The molecule has 0 heterocycles. The first-order chi connectivity index (χ1) is 15.8. The van der Waals surface area contributed by atoms with Crippen molar-refractivity contribution in [3.05, 3.63) is 94.5 Å². The minimum absolute atomic E-state index is 0. The molecule has 9 heteroatoms. The topological polar surface area (TPSA) is 140 Å². The Morgan fingerprint density at radius 1 is 0.941 bits per heavy atom. The van der Waals surface area contributed by atoms with Gasteiger partial charge in [-0.3, -0.25) is 15.0 Å². The third-order valence-electron chi connectivity index (χ3n) is 5.17. The van der Waals surface area contributed by atoms with E-state index in [9.17, 15) is 14.7 Å². The average Bonchev–Trinajstić information content (AvgIpc) is 2.82. The van der Waals surface area contributed by atoms with Crippen LogP contribution in [0.3, 0.4) is 0 Å². The molecule has 0 unspecified atom stereocenters. The van der Waals surface area contributed by atoms with Crippen LogP contribution in [0.4, 0.5) is 5.69 Å². The number of hydrogen-bond donors (Lipinski definition) is 6. The van der Waals surface area contributed by atoms with Crippen LogP contribution in [-0.4, -0.2) is 29.4 Å². The molecule has 178 valence electrons. The quantitative estimate of drug-likeness (QED) is 0.121. The summed E-state index contributed by atoms with van der Waals surface area (Å²) < 4.78 is 0. The molecular weight excluding hydrogens is 454 g/mol. The van der Waals surface area contributed by atoms with Crippen molar-refractivity contribution in [1.82, 2.24) is 10.6 Å². The van der Waals surface area contributed by atoms with Crippen molar-refractivity contribution >= 4 is 35.7 Å². The van der Waals surface area contributed by atoms with Crippen molar-refractivity contribution in [2.75, 3.05) is 12.0 Å². The van der Waals surface area contributed by atoms with Gasteiger partial charge >= 0.3 is 0 Å². The number of nitrogens with two attached hydrogens (primary N) is 1. The molecule has 7 N–H and O–H groups in total. The number of hydrogen-bond acceptors (Lipinski definition) is 5. The Balaban J connectivity index is 0.00000408. The van der Waals surface area contributed by atoms with Gasteiger partial charge in [0.15, 0.2) is 0 Å². The molecule has 3 aromatic carbocycles. The molecule has 0 spiro atoms. The molecule has 0 radical (unpaired) electrons. The summed E-state index contributed by atoms with van der Waals surface area (Å²) in [5.41, 5.74) is 9.21. The number of nitrogens with one attached hydrogen (secondary N) is 4. The third kappa shape index (κ3) is 6.98. The summed E-state index contributed by atoms with van der Waals surface area (Å²) in [5.74, 6) is -0.501. The van der Waals surface area contributed by atoms with Crippen molar-refractivity contribution < 1.29 is 14.7 Å². The largest absolute Gasteiger partial charge is 0.505 e. The molecule has 0 aliphatic carbocycles. The number of aryl methyl sites for hydroxylation is 1. The van der Waals surface area contributed by atoms with Crippen molar-refractivity contribution in [3.8, 4) is 5.75 Å². The molecule has 0 aliphatic rings. The summed E-state index contributed by atoms with van der Waals surface area (Å²) >= 11 is 0. The number of phenols is 1. The number of amides is 2. The fourth-order valence-electron chi connectivity index (χ4n) is 3.24. The second kappa shape index (κ2) is 12.3. The number of aromatic hydroxyl groups is 1. The average molecular weight is 482 g/mol. The predicted molar refractivity (Wildman–Crippen MR) is 135 cm³/mol. The van der Waals surface area contributed by atoms with Crippen LogP contribution in [0, 0.1) is 12.3 Å². The van der Waals surface area contributed by atoms with E-state index in [0.717, 1.165) is 11.1 Å². The summed E-state index contributed by atoms with van der Waals surface area (Å²) in [4.78, 5) is 24.6. The van der Waals surface area contributed by atoms with Gasteiger partial charge in [-0.25, -0.2) is 0 Å². The number of carbonyl (C=O) groups excluding carboxylic acids is 2. The minimum atomic E-state index is -0.237. The Hall–Kier alpha value is -4.04. The minimum Gasteiger partial charge on any atom is -0.505 e. The number of phenolic OH excluding ortho intramolecular Hbond substituents is 1. The highest BCUT2D eigenvalue weighted by Crippen LogP contribution is 2.30. The Bertz CT molecular complexity index is 1150. The fraction of sp³-hybridized carbons (Fsp3) is 0.160. The van der Waals surface area contributed by atoms with Gasteiger partial charge in [0.05, 0.1) is 18.8 Å².